The highest BCUT2D eigenvalue weighted by atomic mass is 32.2. The zero-order valence-corrected chi connectivity index (χ0v) is 10.1. The van der Waals surface area contributed by atoms with Gasteiger partial charge in [-0.15, -0.1) is 11.8 Å². The van der Waals surface area contributed by atoms with Crippen molar-refractivity contribution in [3.63, 3.8) is 0 Å². The molecule has 1 aromatic rings. The lowest BCUT2D eigenvalue weighted by Gasteiger charge is -2.25. The molecule has 0 spiro atoms. The van der Waals surface area contributed by atoms with E-state index in [2.05, 4.69) is 36.7 Å². The van der Waals surface area contributed by atoms with E-state index in [9.17, 15) is 0 Å². The van der Waals surface area contributed by atoms with Gasteiger partial charge in [0.25, 0.3) is 0 Å². The third kappa shape index (κ3) is 2.54. The summed E-state index contributed by atoms with van der Waals surface area (Å²) in [6.45, 7) is 4.87. The Labute approximate surface area is 95.4 Å². The molecular weight excluding hydrogens is 206 g/mol. The van der Waals surface area contributed by atoms with E-state index in [1.807, 2.05) is 0 Å². The van der Waals surface area contributed by atoms with Crippen molar-refractivity contribution in [2.24, 2.45) is 0 Å². The van der Waals surface area contributed by atoms with Crippen LogP contribution in [0.2, 0.25) is 0 Å². The first-order valence-electron chi connectivity index (χ1n) is 5.28. The lowest BCUT2D eigenvalue weighted by Crippen LogP contribution is -2.33. The molecule has 1 aliphatic rings. The Morgan fingerprint density at radius 2 is 2.33 bits per heavy atom. The molecule has 0 aliphatic carbocycles. The minimum atomic E-state index is 0.231. The van der Waals surface area contributed by atoms with Crippen LogP contribution in [0, 0.1) is 6.92 Å². The maximum absolute atomic E-state index is 5.75. The molecule has 1 atom stereocenters. The maximum atomic E-state index is 5.75. The van der Waals surface area contributed by atoms with Crippen molar-refractivity contribution in [2.75, 3.05) is 26.0 Å². The van der Waals surface area contributed by atoms with E-state index in [0.29, 0.717) is 0 Å². The molecule has 2 nitrogen and oxygen atoms in total. The first kappa shape index (κ1) is 11.0. The van der Waals surface area contributed by atoms with Gasteiger partial charge in [0.05, 0.1) is 12.7 Å². The monoisotopic (exact) mass is 223 g/mol. The van der Waals surface area contributed by atoms with E-state index >= 15 is 0 Å². The highest BCUT2D eigenvalue weighted by molar-refractivity contribution is 7.98. The van der Waals surface area contributed by atoms with Gasteiger partial charge in [0.15, 0.2) is 0 Å². The number of hydrogen-bond donors (Lipinski definition) is 1. The Morgan fingerprint density at radius 1 is 1.47 bits per heavy atom. The highest BCUT2D eigenvalue weighted by Gasteiger charge is 2.17. The van der Waals surface area contributed by atoms with Crippen molar-refractivity contribution >= 4 is 11.8 Å². The minimum Gasteiger partial charge on any atom is -0.371 e. The first-order valence-corrected chi connectivity index (χ1v) is 6.50. The standard InChI is InChI=1S/C12H17NOS/c1-9-7-10(15-2)3-4-11(9)12-8-13-5-6-14-12/h3-4,7,12-13H,5-6,8H2,1-2H3. The molecule has 82 valence electrons. The zero-order valence-electron chi connectivity index (χ0n) is 9.25. The molecule has 0 radical (unpaired) electrons. The van der Waals surface area contributed by atoms with Gasteiger partial charge in [-0.25, -0.2) is 0 Å². The topological polar surface area (TPSA) is 21.3 Å². The van der Waals surface area contributed by atoms with Crippen LogP contribution in [0.25, 0.3) is 0 Å². The molecule has 1 saturated heterocycles. The number of morpholine rings is 1. The summed E-state index contributed by atoms with van der Waals surface area (Å²) >= 11 is 1.78. The number of ether oxygens (including phenoxy) is 1. The van der Waals surface area contributed by atoms with E-state index in [-0.39, 0.29) is 6.10 Å². The first-order chi connectivity index (χ1) is 7.31. The molecule has 1 N–H and O–H groups in total. The predicted octanol–water partition coefficient (Wildman–Crippen LogP) is 2.38. The number of hydrogen-bond acceptors (Lipinski definition) is 3. The van der Waals surface area contributed by atoms with Crippen LogP contribution in [0.1, 0.15) is 17.2 Å². The molecule has 0 saturated carbocycles. The molecule has 3 heteroatoms. The predicted molar refractivity (Wildman–Crippen MR) is 64.5 cm³/mol. The quantitative estimate of drug-likeness (QED) is 0.778. The van der Waals surface area contributed by atoms with Crippen LogP contribution in [-0.4, -0.2) is 26.0 Å². The second kappa shape index (κ2) is 5.01. The third-order valence-corrected chi connectivity index (χ3v) is 3.48. The van der Waals surface area contributed by atoms with Gasteiger partial charge >= 0.3 is 0 Å². The van der Waals surface area contributed by atoms with E-state index < -0.39 is 0 Å². The fourth-order valence-electron chi connectivity index (χ4n) is 1.90. The highest BCUT2D eigenvalue weighted by Crippen LogP contribution is 2.26. The van der Waals surface area contributed by atoms with Crippen LogP contribution < -0.4 is 5.32 Å². The van der Waals surface area contributed by atoms with E-state index in [4.69, 9.17) is 4.74 Å². The number of benzene rings is 1. The van der Waals surface area contributed by atoms with Crippen LogP contribution >= 0.6 is 11.8 Å². The lowest BCUT2D eigenvalue weighted by molar-refractivity contribution is 0.0273. The van der Waals surface area contributed by atoms with Crippen molar-refractivity contribution in [1.29, 1.82) is 0 Å². The molecule has 1 heterocycles. The molecule has 15 heavy (non-hydrogen) atoms. The largest absolute Gasteiger partial charge is 0.371 e. The maximum Gasteiger partial charge on any atom is 0.0952 e. The van der Waals surface area contributed by atoms with E-state index in [1.54, 1.807) is 11.8 Å². The summed E-state index contributed by atoms with van der Waals surface area (Å²) in [4.78, 5) is 1.32. The van der Waals surface area contributed by atoms with Crippen molar-refractivity contribution in [3.05, 3.63) is 29.3 Å². The molecule has 1 fully saturated rings. The van der Waals surface area contributed by atoms with Gasteiger partial charge in [-0.05, 0) is 36.4 Å². The van der Waals surface area contributed by atoms with Crippen LogP contribution in [-0.2, 0) is 4.74 Å². The number of nitrogens with one attached hydrogen (secondary N) is 1. The Hall–Kier alpha value is -0.510. The summed E-state index contributed by atoms with van der Waals surface area (Å²) in [5, 5.41) is 3.36. The van der Waals surface area contributed by atoms with Gasteiger partial charge in [0, 0.05) is 18.0 Å². The average Bonchev–Trinajstić information content (AvgIpc) is 2.30. The fourth-order valence-corrected chi connectivity index (χ4v) is 2.40. The molecule has 0 amide bonds. The number of thioether (sulfide) groups is 1. The Kier molecular flexibility index (Phi) is 3.67. The van der Waals surface area contributed by atoms with E-state index in [0.717, 1.165) is 19.7 Å². The second-order valence-electron chi connectivity index (χ2n) is 3.79. The van der Waals surface area contributed by atoms with Crippen LogP contribution in [0.3, 0.4) is 0 Å². The Balaban J connectivity index is 2.19. The molecule has 1 unspecified atom stereocenters. The summed E-state index contributed by atoms with van der Waals surface area (Å²) in [6.07, 6.45) is 2.34. The smallest absolute Gasteiger partial charge is 0.0952 e. The van der Waals surface area contributed by atoms with Crippen molar-refractivity contribution < 1.29 is 4.74 Å². The average molecular weight is 223 g/mol. The Morgan fingerprint density at radius 3 is 2.93 bits per heavy atom. The van der Waals surface area contributed by atoms with Crippen LogP contribution in [0.4, 0.5) is 0 Å². The van der Waals surface area contributed by atoms with Gasteiger partial charge in [-0.1, -0.05) is 6.07 Å². The number of rotatable bonds is 2. The van der Waals surface area contributed by atoms with Gasteiger partial charge in [-0.3, -0.25) is 0 Å². The summed E-state index contributed by atoms with van der Waals surface area (Å²) in [7, 11) is 0. The molecule has 1 aliphatic heterocycles. The molecular formula is C12H17NOS. The van der Waals surface area contributed by atoms with Crippen LogP contribution in [0.5, 0.6) is 0 Å². The summed E-state index contributed by atoms with van der Waals surface area (Å²) in [6, 6.07) is 6.60. The summed E-state index contributed by atoms with van der Waals surface area (Å²) < 4.78 is 5.75. The van der Waals surface area contributed by atoms with Gasteiger partial charge < -0.3 is 10.1 Å². The Bertz CT molecular complexity index is 334. The molecule has 2 rings (SSSR count). The molecule has 1 aromatic carbocycles. The second-order valence-corrected chi connectivity index (χ2v) is 4.67. The minimum absolute atomic E-state index is 0.231. The third-order valence-electron chi connectivity index (χ3n) is 2.75. The van der Waals surface area contributed by atoms with Crippen molar-refractivity contribution in [2.45, 2.75) is 17.9 Å². The van der Waals surface area contributed by atoms with Gasteiger partial charge in [-0.2, -0.15) is 0 Å². The number of aryl methyl sites for hydroxylation is 1. The fraction of sp³-hybridized carbons (Fsp3) is 0.500. The lowest BCUT2D eigenvalue weighted by atomic mass is 10.0. The summed E-state index contributed by atoms with van der Waals surface area (Å²) in [5.41, 5.74) is 2.65. The zero-order chi connectivity index (χ0) is 10.7. The van der Waals surface area contributed by atoms with Gasteiger partial charge in [0.2, 0.25) is 0 Å². The van der Waals surface area contributed by atoms with Gasteiger partial charge in [0.1, 0.15) is 0 Å². The SMILES string of the molecule is CSc1ccc(C2CNCCO2)c(C)c1. The summed E-state index contributed by atoms with van der Waals surface area (Å²) in [5.74, 6) is 0. The normalized spacial score (nSPS) is 21.6. The van der Waals surface area contributed by atoms with Crippen LogP contribution in [0.15, 0.2) is 23.1 Å². The van der Waals surface area contributed by atoms with E-state index in [1.165, 1.54) is 16.0 Å². The molecule has 0 bridgehead atoms. The molecule has 0 aromatic heterocycles. The van der Waals surface area contributed by atoms with Crippen molar-refractivity contribution in [1.82, 2.24) is 5.32 Å². The van der Waals surface area contributed by atoms with Crippen molar-refractivity contribution in [3.8, 4) is 0 Å².